The number of nitrogens with zero attached hydrogens (tertiary/aromatic N) is 1. The van der Waals surface area contributed by atoms with Crippen LogP contribution in [0.2, 0.25) is 0 Å². The number of carbonyl (C=O) groups excluding carboxylic acids is 2. The standard InChI is InChI=1S/C13H17N3O3/c1-3-6-14-13(18)15-9-4-5-11-10(7-9)16(2)12(17)8-19-11/h4-5,7H,3,6,8H2,1-2H3,(H2,14,15,18). The molecular weight excluding hydrogens is 246 g/mol. The smallest absolute Gasteiger partial charge is 0.319 e. The van der Waals surface area contributed by atoms with Gasteiger partial charge in [-0.05, 0) is 24.6 Å². The fourth-order valence-corrected chi connectivity index (χ4v) is 1.76. The lowest BCUT2D eigenvalue weighted by atomic mass is 10.2. The number of ether oxygens (including phenoxy) is 1. The van der Waals surface area contributed by atoms with E-state index >= 15 is 0 Å². The molecule has 0 bridgehead atoms. The molecule has 19 heavy (non-hydrogen) atoms. The molecule has 0 aliphatic carbocycles. The summed E-state index contributed by atoms with van der Waals surface area (Å²) in [5.41, 5.74) is 1.28. The van der Waals surface area contributed by atoms with Gasteiger partial charge in [-0.3, -0.25) is 4.79 Å². The monoisotopic (exact) mass is 263 g/mol. The van der Waals surface area contributed by atoms with Crippen LogP contribution in [-0.2, 0) is 4.79 Å². The molecule has 1 aromatic carbocycles. The van der Waals surface area contributed by atoms with E-state index in [2.05, 4.69) is 10.6 Å². The van der Waals surface area contributed by atoms with E-state index in [9.17, 15) is 9.59 Å². The lowest BCUT2D eigenvalue weighted by molar-refractivity contribution is -0.120. The van der Waals surface area contributed by atoms with Crippen molar-refractivity contribution in [3.8, 4) is 5.75 Å². The van der Waals surface area contributed by atoms with Crippen LogP contribution in [0.3, 0.4) is 0 Å². The molecule has 1 aliphatic rings. The van der Waals surface area contributed by atoms with Gasteiger partial charge in [-0.1, -0.05) is 6.92 Å². The largest absolute Gasteiger partial charge is 0.482 e. The molecule has 0 atom stereocenters. The molecule has 0 spiro atoms. The molecule has 102 valence electrons. The first-order valence-corrected chi connectivity index (χ1v) is 6.20. The maximum atomic E-state index is 11.6. The summed E-state index contributed by atoms with van der Waals surface area (Å²) >= 11 is 0. The van der Waals surface area contributed by atoms with E-state index in [-0.39, 0.29) is 18.5 Å². The summed E-state index contributed by atoms with van der Waals surface area (Å²) in [6.45, 7) is 2.66. The van der Waals surface area contributed by atoms with Crippen LogP contribution in [-0.4, -0.2) is 32.1 Å². The second-order valence-electron chi connectivity index (χ2n) is 4.30. The molecular formula is C13H17N3O3. The molecule has 0 aromatic heterocycles. The first-order valence-electron chi connectivity index (χ1n) is 6.20. The van der Waals surface area contributed by atoms with Crippen molar-refractivity contribution >= 4 is 23.3 Å². The zero-order chi connectivity index (χ0) is 13.8. The normalized spacial score (nSPS) is 13.6. The molecule has 0 saturated heterocycles. The number of likely N-dealkylation sites (N-methyl/N-ethyl adjacent to an activating group) is 1. The van der Waals surface area contributed by atoms with Crippen LogP contribution in [0.5, 0.6) is 5.75 Å². The van der Waals surface area contributed by atoms with Crippen LogP contribution >= 0.6 is 0 Å². The molecule has 1 aliphatic heterocycles. The highest BCUT2D eigenvalue weighted by molar-refractivity contribution is 5.98. The van der Waals surface area contributed by atoms with Gasteiger partial charge >= 0.3 is 6.03 Å². The van der Waals surface area contributed by atoms with Gasteiger partial charge < -0.3 is 20.3 Å². The van der Waals surface area contributed by atoms with Gasteiger partial charge in [-0.2, -0.15) is 0 Å². The molecule has 0 fully saturated rings. The van der Waals surface area contributed by atoms with E-state index in [1.165, 1.54) is 4.90 Å². The number of hydrogen-bond acceptors (Lipinski definition) is 3. The number of amides is 3. The topological polar surface area (TPSA) is 70.7 Å². The van der Waals surface area contributed by atoms with Crippen molar-refractivity contribution in [2.45, 2.75) is 13.3 Å². The molecule has 0 unspecified atom stereocenters. The minimum Gasteiger partial charge on any atom is -0.482 e. The van der Waals surface area contributed by atoms with E-state index in [1.807, 2.05) is 6.92 Å². The van der Waals surface area contributed by atoms with E-state index < -0.39 is 0 Å². The summed E-state index contributed by atoms with van der Waals surface area (Å²) in [5.74, 6) is 0.529. The van der Waals surface area contributed by atoms with Gasteiger partial charge in [0.1, 0.15) is 5.75 Å². The molecule has 2 N–H and O–H groups in total. The lowest BCUT2D eigenvalue weighted by Gasteiger charge is -2.26. The summed E-state index contributed by atoms with van der Waals surface area (Å²) < 4.78 is 5.31. The Kier molecular flexibility index (Phi) is 3.89. The van der Waals surface area contributed by atoms with Crippen LogP contribution in [0.25, 0.3) is 0 Å². The first kappa shape index (κ1) is 13.2. The number of carbonyl (C=O) groups is 2. The fourth-order valence-electron chi connectivity index (χ4n) is 1.76. The predicted molar refractivity (Wildman–Crippen MR) is 72.7 cm³/mol. The number of hydrogen-bond donors (Lipinski definition) is 2. The van der Waals surface area contributed by atoms with Crippen molar-refractivity contribution in [3.05, 3.63) is 18.2 Å². The summed E-state index contributed by atoms with van der Waals surface area (Å²) in [6, 6.07) is 4.95. The van der Waals surface area contributed by atoms with Gasteiger partial charge in [0, 0.05) is 19.3 Å². The second kappa shape index (κ2) is 5.60. The van der Waals surface area contributed by atoms with Gasteiger partial charge in [-0.15, -0.1) is 0 Å². The lowest BCUT2D eigenvalue weighted by Crippen LogP contribution is -2.35. The number of nitrogens with one attached hydrogen (secondary N) is 2. The summed E-state index contributed by atoms with van der Waals surface area (Å²) in [7, 11) is 1.69. The second-order valence-corrected chi connectivity index (χ2v) is 4.30. The molecule has 0 radical (unpaired) electrons. The van der Waals surface area contributed by atoms with E-state index in [0.29, 0.717) is 23.7 Å². The van der Waals surface area contributed by atoms with Crippen LogP contribution < -0.4 is 20.3 Å². The van der Waals surface area contributed by atoms with Crippen molar-refractivity contribution in [3.63, 3.8) is 0 Å². The van der Waals surface area contributed by atoms with Gasteiger partial charge in [0.2, 0.25) is 0 Å². The van der Waals surface area contributed by atoms with Crippen LogP contribution in [0.1, 0.15) is 13.3 Å². The van der Waals surface area contributed by atoms with Crippen molar-refractivity contribution in [1.29, 1.82) is 0 Å². The predicted octanol–water partition coefficient (Wildman–Crippen LogP) is 1.57. The molecule has 6 nitrogen and oxygen atoms in total. The molecule has 0 saturated carbocycles. The molecule has 1 heterocycles. The summed E-state index contributed by atoms with van der Waals surface area (Å²) in [4.78, 5) is 24.6. The number of anilines is 2. The number of benzene rings is 1. The van der Waals surface area contributed by atoms with Crippen LogP contribution in [0.4, 0.5) is 16.2 Å². The third-order valence-corrected chi connectivity index (χ3v) is 2.84. The zero-order valence-corrected chi connectivity index (χ0v) is 11.0. The summed E-state index contributed by atoms with van der Waals surface area (Å²) in [6.07, 6.45) is 0.878. The Morgan fingerprint density at radius 3 is 3.00 bits per heavy atom. The SMILES string of the molecule is CCCNC(=O)Nc1ccc2c(c1)N(C)C(=O)CO2. The minimum atomic E-state index is -0.257. The number of urea groups is 1. The Balaban J connectivity index is 2.12. The molecule has 2 rings (SSSR count). The molecule has 6 heteroatoms. The molecule has 3 amide bonds. The quantitative estimate of drug-likeness (QED) is 0.869. The Hall–Kier alpha value is -2.24. The van der Waals surface area contributed by atoms with Crippen LogP contribution in [0.15, 0.2) is 18.2 Å². The van der Waals surface area contributed by atoms with Crippen LogP contribution in [0, 0.1) is 0 Å². The Bertz CT molecular complexity index is 502. The molecule has 1 aromatic rings. The highest BCUT2D eigenvalue weighted by Crippen LogP contribution is 2.33. The highest BCUT2D eigenvalue weighted by Gasteiger charge is 2.22. The van der Waals surface area contributed by atoms with E-state index in [4.69, 9.17) is 4.74 Å². The highest BCUT2D eigenvalue weighted by atomic mass is 16.5. The van der Waals surface area contributed by atoms with E-state index in [1.54, 1.807) is 25.2 Å². The Morgan fingerprint density at radius 2 is 2.26 bits per heavy atom. The number of fused-ring (bicyclic) bond motifs is 1. The third-order valence-electron chi connectivity index (χ3n) is 2.84. The summed E-state index contributed by atoms with van der Waals surface area (Å²) in [5, 5.41) is 5.44. The maximum Gasteiger partial charge on any atom is 0.319 e. The third kappa shape index (κ3) is 2.96. The Labute approximate surface area is 111 Å². The first-order chi connectivity index (χ1) is 9.11. The minimum absolute atomic E-state index is 0.0489. The van der Waals surface area contributed by atoms with Crippen molar-refractivity contribution in [1.82, 2.24) is 5.32 Å². The van der Waals surface area contributed by atoms with E-state index in [0.717, 1.165) is 6.42 Å². The van der Waals surface area contributed by atoms with Crippen molar-refractivity contribution < 1.29 is 14.3 Å². The van der Waals surface area contributed by atoms with Crippen molar-refractivity contribution in [2.24, 2.45) is 0 Å². The average Bonchev–Trinajstić information content (AvgIpc) is 2.41. The maximum absolute atomic E-state index is 11.6. The number of rotatable bonds is 3. The Morgan fingerprint density at radius 1 is 1.47 bits per heavy atom. The van der Waals surface area contributed by atoms with Gasteiger partial charge in [0.05, 0.1) is 5.69 Å². The fraction of sp³-hybridized carbons (Fsp3) is 0.385. The van der Waals surface area contributed by atoms with Crippen molar-refractivity contribution in [2.75, 3.05) is 30.4 Å². The average molecular weight is 263 g/mol. The van der Waals surface area contributed by atoms with Gasteiger partial charge in [0.25, 0.3) is 5.91 Å². The van der Waals surface area contributed by atoms with Gasteiger partial charge in [-0.25, -0.2) is 4.79 Å². The van der Waals surface area contributed by atoms with Gasteiger partial charge in [0.15, 0.2) is 6.61 Å². The zero-order valence-electron chi connectivity index (χ0n) is 11.0.